The highest BCUT2D eigenvalue weighted by Gasteiger charge is 2.18. The van der Waals surface area contributed by atoms with E-state index in [-0.39, 0.29) is 26.9 Å². The summed E-state index contributed by atoms with van der Waals surface area (Å²) >= 11 is 11.4. The van der Waals surface area contributed by atoms with Gasteiger partial charge in [-0.25, -0.2) is 14.0 Å². The van der Waals surface area contributed by atoms with Crippen molar-refractivity contribution in [3.8, 4) is 0 Å². The number of anilines is 1. The Kier molecular flexibility index (Phi) is 6.54. The Bertz CT molecular complexity index is 872. The lowest BCUT2D eigenvalue weighted by molar-refractivity contribution is -0.119. The molecule has 0 bridgehead atoms. The molecule has 6 nitrogen and oxygen atoms in total. The number of amides is 1. The van der Waals surface area contributed by atoms with Crippen LogP contribution in [0, 0.1) is 5.82 Å². The van der Waals surface area contributed by atoms with Gasteiger partial charge in [-0.1, -0.05) is 35.3 Å². The molecule has 0 unspecified atom stereocenters. The molecule has 2 rings (SSSR count). The number of benzene rings is 2. The first kappa shape index (κ1) is 19.7. The fourth-order valence-electron chi connectivity index (χ4n) is 1.95. The van der Waals surface area contributed by atoms with Crippen LogP contribution in [0.25, 0.3) is 0 Å². The van der Waals surface area contributed by atoms with Crippen molar-refractivity contribution in [2.75, 3.05) is 19.0 Å². The summed E-state index contributed by atoms with van der Waals surface area (Å²) in [7, 11) is 1.21. The highest BCUT2D eigenvalue weighted by Crippen LogP contribution is 2.25. The summed E-state index contributed by atoms with van der Waals surface area (Å²) in [6.45, 7) is -0.672. The first-order valence-electron chi connectivity index (χ1n) is 7.12. The first-order chi connectivity index (χ1) is 12.3. The van der Waals surface area contributed by atoms with Gasteiger partial charge in [0.2, 0.25) is 0 Å². The molecule has 0 radical (unpaired) electrons. The second-order valence-electron chi connectivity index (χ2n) is 4.91. The summed E-state index contributed by atoms with van der Waals surface area (Å²) in [5.74, 6) is -3.19. The van der Waals surface area contributed by atoms with Crippen molar-refractivity contribution in [2.45, 2.75) is 0 Å². The molecular formula is C17H12Cl2FNO5. The molecular weight excluding hydrogens is 388 g/mol. The molecule has 0 aromatic heterocycles. The largest absolute Gasteiger partial charge is 0.465 e. The number of esters is 2. The molecule has 0 aliphatic rings. The molecule has 0 spiro atoms. The van der Waals surface area contributed by atoms with Gasteiger partial charge in [-0.2, -0.15) is 0 Å². The molecule has 9 heteroatoms. The maximum atomic E-state index is 13.4. The van der Waals surface area contributed by atoms with E-state index in [1.54, 1.807) is 12.1 Å². The van der Waals surface area contributed by atoms with Crippen molar-refractivity contribution in [2.24, 2.45) is 0 Å². The second kappa shape index (κ2) is 8.64. The predicted molar refractivity (Wildman–Crippen MR) is 93.1 cm³/mol. The summed E-state index contributed by atoms with van der Waals surface area (Å²) in [4.78, 5) is 35.5. The average molecular weight is 400 g/mol. The highest BCUT2D eigenvalue weighted by molar-refractivity contribution is 6.36. The lowest BCUT2D eigenvalue weighted by Gasteiger charge is -2.10. The van der Waals surface area contributed by atoms with Gasteiger partial charge in [-0.05, 0) is 24.3 Å². The number of hydrogen-bond donors (Lipinski definition) is 1. The van der Waals surface area contributed by atoms with E-state index in [9.17, 15) is 18.8 Å². The molecule has 0 aliphatic heterocycles. The van der Waals surface area contributed by atoms with Crippen molar-refractivity contribution >= 4 is 46.7 Å². The topological polar surface area (TPSA) is 81.7 Å². The van der Waals surface area contributed by atoms with Crippen LogP contribution in [0.4, 0.5) is 10.1 Å². The van der Waals surface area contributed by atoms with E-state index in [0.29, 0.717) is 0 Å². The fourth-order valence-corrected chi connectivity index (χ4v) is 2.41. The quantitative estimate of drug-likeness (QED) is 0.611. The van der Waals surface area contributed by atoms with E-state index in [1.807, 2.05) is 0 Å². The van der Waals surface area contributed by atoms with Crippen molar-refractivity contribution in [3.05, 3.63) is 63.4 Å². The molecule has 0 aliphatic carbocycles. The molecule has 2 aromatic carbocycles. The first-order valence-corrected chi connectivity index (χ1v) is 7.88. The van der Waals surface area contributed by atoms with Gasteiger partial charge >= 0.3 is 11.9 Å². The molecule has 0 saturated heterocycles. The molecule has 136 valence electrons. The van der Waals surface area contributed by atoms with Crippen LogP contribution in [0.2, 0.25) is 10.0 Å². The Morgan fingerprint density at radius 1 is 1.04 bits per heavy atom. The van der Waals surface area contributed by atoms with Gasteiger partial charge in [-0.15, -0.1) is 0 Å². The third kappa shape index (κ3) is 4.71. The van der Waals surface area contributed by atoms with Crippen LogP contribution < -0.4 is 5.32 Å². The Balaban J connectivity index is 2.03. The van der Waals surface area contributed by atoms with E-state index in [0.717, 1.165) is 12.1 Å². The molecule has 0 atom stereocenters. The van der Waals surface area contributed by atoms with E-state index >= 15 is 0 Å². The number of rotatable bonds is 5. The Hall–Kier alpha value is -2.64. The van der Waals surface area contributed by atoms with Gasteiger partial charge in [0.15, 0.2) is 6.61 Å². The summed E-state index contributed by atoms with van der Waals surface area (Å²) in [6.07, 6.45) is 0. The Labute approximate surface area is 157 Å². The maximum Gasteiger partial charge on any atom is 0.340 e. The Morgan fingerprint density at radius 2 is 1.73 bits per heavy atom. The van der Waals surface area contributed by atoms with Crippen LogP contribution in [0.15, 0.2) is 36.4 Å². The van der Waals surface area contributed by atoms with Crippen LogP contribution in [-0.2, 0) is 14.3 Å². The van der Waals surface area contributed by atoms with Crippen LogP contribution in [0.1, 0.15) is 20.7 Å². The zero-order valence-corrected chi connectivity index (χ0v) is 14.9. The van der Waals surface area contributed by atoms with E-state index in [4.69, 9.17) is 27.9 Å². The maximum absolute atomic E-state index is 13.4. The Morgan fingerprint density at radius 3 is 2.42 bits per heavy atom. The standard InChI is InChI=1S/C17H12Cl2FNO5/c1-25-16(23)9-4-2-3-5-14(9)21-15(22)8-26-17(24)10-6-13(20)12(19)7-11(10)18/h2-7H,8H2,1H3,(H,21,22). The van der Waals surface area contributed by atoms with Crippen molar-refractivity contribution in [3.63, 3.8) is 0 Å². The van der Waals surface area contributed by atoms with E-state index in [2.05, 4.69) is 10.1 Å². The summed E-state index contributed by atoms with van der Waals surface area (Å²) in [6, 6.07) is 8.02. The SMILES string of the molecule is COC(=O)c1ccccc1NC(=O)COC(=O)c1cc(F)c(Cl)cc1Cl. The number of carbonyl (C=O) groups is 3. The summed E-state index contributed by atoms with van der Waals surface area (Å²) in [5, 5.41) is 2.06. The van der Waals surface area contributed by atoms with Gasteiger partial charge in [-0.3, -0.25) is 4.79 Å². The fraction of sp³-hybridized carbons (Fsp3) is 0.118. The monoisotopic (exact) mass is 399 g/mol. The second-order valence-corrected chi connectivity index (χ2v) is 5.72. The molecule has 2 aromatic rings. The third-order valence-electron chi connectivity index (χ3n) is 3.17. The van der Waals surface area contributed by atoms with Crippen molar-refractivity contribution in [1.82, 2.24) is 0 Å². The predicted octanol–water partition coefficient (Wildman–Crippen LogP) is 3.71. The van der Waals surface area contributed by atoms with Crippen LogP contribution in [0.3, 0.4) is 0 Å². The van der Waals surface area contributed by atoms with Crippen LogP contribution in [-0.4, -0.2) is 31.6 Å². The summed E-state index contributed by atoms with van der Waals surface area (Å²) in [5.41, 5.74) is 0.0600. The normalized spacial score (nSPS) is 10.2. The number of nitrogens with one attached hydrogen (secondary N) is 1. The molecule has 26 heavy (non-hydrogen) atoms. The lowest BCUT2D eigenvalue weighted by atomic mass is 10.2. The zero-order valence-electron chi connectivity index (χ0n) is 13.3. The molecule has 1 N–H and O–H groups in total. The molecule has 1 amide bonds. The molecule has 0 heterocycles. The number of para-hydroxylation sites is 1. The molecule has 0 saturated carbocycles. The van der Waals surface area contributed by atoms with Crippen LogP contribution >= 0.6 is 23.2 Å². The third-order valence-corrected chi connectivity index (χ3v) is 3.77. The van der Waals surface area contributed by atoms with Crippen LogP contribution in [0.5, 0.6) is 0 Å². The van der Waals surface area contributed by atoms with Gasteiger partial charge in [0.25, 0.3) is 5.91 Å². The van der Waals surface area contributed by atoms with Gasteiger partial charge < -0.3 is 14.8 Å². The lowest BCUT2D eigenvalue weighted by Crippen LogP contribution is -2.22. The van der Waals surface area contributed by atoms with E-state index < -0.39 is 30.3 Å². The number of halogens is 3. The minimum Gasteiger partial charge on any atom is -0.465 e. The zero-order chi connectivity index (χ0) is 19.3. The smallest absolute Gasteiger partial charge is 0.340 e. The number of hydrogen-bond acceptors (Lipinski definition) is 5. The van der Waals surface area contributed by atoms with Gasteiger partial charge in [0.05, 0.1) is 34.0 Å². The number of ether oxygens (including phenoxy) is 2. The van der Waals surface area contributed by atoms with Crippen molar-refractivity contribution in [1.29, 1.82) is 0 Å². The molecule has 0 fully saturated rings. The van der Waals surface area contributed by atoms with Crippen molar-refractivity contribution < 1.29 is 28.2 Å². The minimum atomic E-state index is -0.998. The summed E-state index contributed by atoms with van der Waals surface area (Å²) < 4.78 is 22.9. The minimum absolute atomic E-state index is 0.113. The van der Waals surface area contributed by atoms with Gasteiger partial charge in [0.1, 0.15) is 5.82 Å². The van der Waals surface area contributed by atoms with E-state index in [1.165, 1.54) is 19.2 Å². The highest BCUT2D eigenvalue weighted by atomic mass is 35.5. The van der Waals surface area contributed by atoms with Gasteiger partial charge in [0, 0.05) is 0 Å². The average Bonchev–Trinajstić information content (AvgIpc) is 2.62. The number of carbonyl (C=O) groups excluding carboxylic acids is 3. The number of methoxy groups -OCH3 is 1.